The number of thiocarbonyl (C=S) groups is 1. The predicted molar refractivity (Wildman–Crippen MR) is 133 cm³/mol. The molecule has 0 aromatic heterocycles. The number of hydrogen-bond acceptors (Lipinski definition) is 5. The SMILES string of the molecule is N=C(CC=Nc1ccc(OC(F)(F)F)cc1)c1ccc(/C=N\NC(=S)Nc2ccccc2)cc1. The monoisotopic (exact) mass is 483 g/mol. The van der Waals surface area contributed by atoms with Gasteiger partial charge < -0.3 is 15.5 Å². The van der Waals surface area contributed by atoms with Gasteiger partial charge in [0.15, 0.2) is 5.11 Å². The Morgan fingerprint density at radius 3 is 2.29 bits per heavy atom. The molecule has 0 amide bonds. The van der Waals surface area contributed by atoms with Crippen LogP contribution >= 0.6 is 12.2 Å². The van der Waals surface area contributed by atoms with Crippen LogP contribution in [0.25, 0.3) is 0 Å². The van der Waals surface area contributed by atoms with E-state index >= 15 is 0 Å². The quantitative estimate of drug-likeness (QED) is 0.206. The van der Waals surface area contributed by atoms with Crippen molar-refractivity contribution in [3.8, 4) is 5.75 Å². The number of anilines is 1. The Bertz CT molecular complexity index is 1160. The molecule has 6 nitrogen and oxygen atoms in total. The van der Waals surface area contributed by atoms with Crippen molar-refractivity contribution in [2.45, 2.75) is 12.8 Å². The average molecular weight is 484 g/mol. The largest absolute Gasteiger partial charge is 0.573 e. The van der Waals surface area contributed by atoms with E-state index in [0.29, 0.717) is 22.1 Å². The molecule has 0 fully saturated rings. The number of halogens is 3. The van der Waals surface area contributed by atoms with E-state index < -0.39 is 6.36 Å². The van der Waals surface area contributed by atoms with Crippen molar-refractivity contribution in [3.63, 3.8) is 0 Å². The van der Waals surface area contributed by atoms with Gasteiger partial charge in [-0.15, -0.1) is 13.2 Å². The third kappa shape index (κ3) is 8.47. The number of para-hydroxylation sites is 1. The number of alkyl halides is 3. The molecular formula is C24H20F3N5OS. The highest BCUT2D eigenvalue weighted by atomic mass is 32.1. The molecule has 3 rings (SSSR count). The number of benzene rings is 3. The van der Waals surface area contributed by atoms with Crippen LogP contribution in [0.3, 0.4) is 0 Å². The minimum atomic E-state index is -4.73. The number of aliphatic imine (C=N–C) groups is 1. The van der Waals surface area contributed by atoms with Crippen LogP contribution in [-0.4, -0.2) is 29.6 Å². The van der Waals surface area contributed by atoms with Crippen LogP contribution in [0.5, 0.6) is 5.75 Å². The van der Waals surface area contributed by atoms with Gasteiger partial charge in [0.05, 0.1) is 11.9 Å². The summed E-state index contributed by atoms with van der Waals surface area (Å²) in [6.07, 6.45) is -1.33. The second kappa shape index (κ2) is 11.7. The highest BCUT2D eigenvalue weighted by molar-refractivity contribution is 7.80. The number of ether oxygens (including phenoxy) is 1. The Balaban J connectivity index is 1.46. The summed E-state index contributed by atoms with van der Waals surface area (Å²) < 4.78 is 40.4. The normalized spacial score (nSPS) is 11.5. The summed E-state index contributed by atoms with van der Waals surface area (Å²) in [5.74, 6) is -0.313. The predicted octanol–water partition coefficient (Wildman–Crippen LogP) is 6.07. The Morgan fingerprint density at radius 2 is 1.65 bits per heavy atom. The van der Waals surface area contributed by atoms with Crippen molar-refractivity contribution < 1.29 is 17.9 Å². The Labute approximate surface area is 199 Å². The summed E-state index contributed by atoms with van der Waals surface area (Å²) in [5, 5.41) is 15.7. The fourth-order valence-corrected chi connectivity index (χ4v) is 2.88. The van der Waals surface area contributed by atoms with Gasteiger partial charge in [-0.3, -0.25) is 10.4 Å². The van der Waals surface area contributed by atoms with Crippen LogP contribution in [-0.2, 0) is 0 Å². The van der Waals surface area contributed by atoms with E-state index in [-0.39, 0.29) is 12.2 Å². The molecule has 0 radical (unpaired) electrons. The smallest absolute Gasteiger partial charge is 0.406 e. The highest BCUT2D eigenvalue weighted by Gasteiger charge is 2.30. The number of nitrogens with zero attached hydrogens (tertiary/aromatic N) is 2. The summed E-state index contributed by atoms with van der Waals surface area (Å²) in [7, 11) is 0. The third-order valence-corrected chi connectivity index (χ3v) is 4.47. The van der Waals surface area contributed by atoms with E-state index in [1.807, 2.05) is 42.5 Å². The van der Waals surface area contributed by atoms with Crippen LogP contribution in [0.2, 0.25) is 0 Å². The molecule has 0 atom stereocenters. The molecular weight excluding hydrogens is 463 g/mol. The number of hydrogen-bond donors (Lipinski definition) is 3. The van der Waals surface area contributed by atoms with E-state index in [0.717, 1.165) is 11.3 Å². The zero-order valence-electron chi connectivity index (χ0n) is 17.7. The fraction of sp³-hybridized carbons (Fsp3) is 0.0833. The van der Waals surface area contributed by atoms with Gasteiger partial charge in [0.2, 0.25) is 0 Å². The highest BCUT2D eigenvalue weighted by Crippen LogP contribution is 2.24. The van der Waals surface area contributed by atoms with E-state index in [1.165, 1.54) is 30.5 Å². The first-order valence-electron chi connectivity index (χ1n) is 10.00. The number of nitrogens with one attached hydrogen (secondary N) is 3. The number of rotatable bonds is 8. The fourth-order valence-electron chi connectivity index (χ4n) is 2.71. The molecule has 0 heterocycles. The van der Waals surface area contributed by atoms with Gasteiger partial charge >= 0.3 is 6.36 Å². The second-order valence-electron chi connectivity index (χ2n) is 6.85. The van der Waals surface area contributed by atoms with Crippen LogP contribution in [0.4, 0.5) is 24.5 Å². The first kappa shape index (κ1) is 24.6. The van der Waals surface area contributed by atoms with Crippen LogP contribution in [0.15, 0.2) is 89.0 Å². The molecule has 0 aliphatic carbocycles. The molecule has 174 valence electrons. The lowest BCUT2D eigenvalue weighted by Crippen LogP contribution is -2.23. The van der Waals surface area contributed by atoms with Crippen molar-refractivity contribution in [2.75, 3.05) is 5.32 Å². The zero-order valence-corrected chi connectivity index (χ0v) is 18.5. The van der Waals surface area contributed by atoms with Crippen molar-refractivity contribution in [1.82, 2.24) is 5.43 Å². The van der Waals surface area contributed by atoms with Crippen molar-refractivity contribution in [2.24, 2.45) is 10.1 Å². The summed E-state index contributed by atoms with van der Waals surface area (Å²) >= 11 is 5.18. The molecule has 0 aliphatic rings. The second-order valence-corrected chi connectivity index (χ2v) is 7.26. The molecule has 0 saturated carbocycles. The van der Waals surface area contributed by atoms with Crippen LogP contribution < -0.4 is 15.5 Å². The van der Waals surface area contributed by atoms with E-state index in [2.05, 4.69) is 25.6 Å². The van der Waals surface area contributed by atoms with Crippen molar-refractivity contribution >= 4 is 46.8 Å². The average Bonchev–Trinajstić information content (AvgIpc) is 2.80. The molecule has 0 spiro atoms. The molecule has 34 heavy (non-hydrogen) atoms. The molecule has 0 aliphatic heterocycles. The lowest BCUT2D eigenvalue weighted by atomic mass is 10.1. The number of hydrazone groups is 1. The summed E-state index contributed by atoms with van der Waals surface area (Å²) in [4.78, 5) is 4.16. The summed E-state index contributed by atoms with van der Waals surface area (Å²) in [6.45, 7) is 0. The topological polar surface area (TPSA) is 81.9 Å². The van der Waals surface area contributed by atoms with Gasteiger partial charge in [-0.2, -0.15) is 5.10 Å². The van der Waals surface area contributed by atoms with Gasteiger partial charge in [-0.25, -0.2) is 0 Å². The lowest BCUT2D eigenvalue weighted by Gasteiger charge is -2.08. The molecule has 0 unspecified atom stereocenters. The molecule has 10 heteroatoms. The maximum Gasteiger partial charge on any atom is 0.573 e. The molecule has 0 saturated heterocycles. The minimum absolute atomic E-state index is 0.259. The summed E-state index contributed by atoms with van der Waals surface area (Å²) in [6, 6.07) is 21.9. The molecule has 3 aromatic carbocycles. The summed E-state index contributed by atoms with van der Waals surface area (Å²) in [5.41, 5.74) is 5.94. The molecule has 3 aromatic rings. The van der Waals surface area contributed by atoms with Gasteiger partial charge in [0.1, 0.15) is 5.75 Å². The lowest BCUT2D eigenvalue weighted by molar-refractivity contribution is -0.274. The van der Waals surface area contributed by atoms with Gasteiger partial charge in [-0.1, -0.05) is 42.5 Å². The zero-order chi connectivity index (χ0) is 24.4. The minimum Gasteiger partial charge on any atom is -0.406 e. The van der Waals surface area contributed by atoms with Crippen LogP contribution in [0, 0.1) is 5.41 Å². The van der Waals surface area contributed by atoms with E-state index in [4.69, 9.17) is 17.6 Å². The third-order valence-electron chi connectivity index (χ3n) is 4.28. The Morgan fingerprint density at radius 1 is 0.971 bits per heavy atom. The van der Waals surface area contributed by atoms with Crippen LogP contribution in [0.1, 0.15) is 17.5 Å². The van der Waals surface area contributed by atoms with E-state index in [1.54, 1.807) is 18.3 Å². The Kier molecular flexibility index (Phi) is 8.47. The van der Waals surface area contributed by atoms with Gasteiger partial charge in [-0.05, 0) is 59.7 Å². The first-order chi connectivity index (χ1) is 16.3. The maximum atomic E-state index is 12.2. The van der Waals surface area contributed by atoms with Crippen molar-refractivity contribution in [1.29, 1.82) is 5.41 Å². The van der Waals surface area contributed by atoms with E-state index in [9.17, 15) is 13.2 Å². The molecule has 0 bridgehead atoms. The Hall–Kier alpha value is -4.05. The van der Waals surface area contributed by atoms with Crippen molar-refractivity contribution in [3.05, 3.63) is 90.0 Å². The molecule has 3 N–H and O–H groups in total. The van der Waals surface area contributed by atoms with Gasteiger partial charge in [0, 0.05) is 24.0 Å². The standard InChI is InChI=1S/C24H20F3N5OS/c25-24(26,27)33-21-12-10-19(11-13-21)29-15-14-22(28)18-8-6-17(7-9-18)16-30-32-23(34)31-20-4-2-1-3-5-20/h1-13,15-16,28H,14H2,(H2,31,32,34)/b28-22?,29-15?,30-16-. The maximum absolute atomic E-state index is 12.2. The van der Waals surface area contributed by atoms with Gasteiger partial charge in [0.25, 0.3) is 0 Å². The first-order valence-corrected chi connectivity index (χ1v) is 10.4.